The summed E-state index contributed by atoms with van der Waals surface area (Å²) >= 11 is 0. The second-order valence-corrected chi connectivity index (χ2v) is 11.8. The smallest absolute Gasteiger partial charge is 0.449 e. The van der Waals surface area contributed by atoms with E-state index in [0.29, 0.717) is 6.92 Å². The van der Waals surface area contributed by atoms with E-state index in [4.69, 9.17) is 4.74 Å². The van der Waals surface area contributed by atoms with Crippen molar-refractivity contribution in [2.75, 3.05) is 13.2 Å². The van der Waals surface area contributed by atoms with Gasteiger partial charge in [0, 0.05) is 0 Å². The van der Waals surface area contributed by atoms with Gasteiger partial charge >= 0.3 is 47.7 Å². The average molecular weight is 655 g/mol. The summed E-state index contributed by atoms with van der Waals surface area (Å²) in [6, 6.07) is 0. The molecular weight excluding hydrogens is 618 g/mol. The molecule has 0 aliphatic carbocycles. The quantitative estimate of drug-likeness (QED) is 0.267. The van der Waals surface area contributed by atoms with E-state index >= 15 is 0 Å². The number of carbonyl (C=O) groups excluding carboxylic acids is 2. The third kappa shape index (κ3) is 6.17. The maximum Gasteiger partial charge on any atom is 0.449 e. The highest BCUT2D eigenvalue weighted by Gasteiger charge is 2.84. The Labute approximate surface area is 241 Å². The van der Waals surface area contributed by atoms with Gasteiger partial charge in [0.05, 0.1) is 24.0 Å². The van der Waals surface area contributed by atoms with Crippen LogP contribution < -0.4 is 0 Å². The van der Waals surface area contributed by atoms with Gasteiger partial charge in [-0.3, -0.25) is 9.59 Å². The van der Waals surface area contributed by atoms with Gasteiger partial charge in [-0.1, -0.05) is 20.8 Å². The zero-order valence-corrected chi connectivity index (χ0v) is 24.7. The van der Waals surface area contributed by atoms with Crippen LogP contribution in [0.2, 0.25) is 0 Å². The molecule has 2 saturated heterocycles. The largest absolute Gasteiger partial charge is 0.450 e. The van der Waals surface area contributed by atoms with Crippen molar-refractivity contribution in [3.63, 3.8) is 0 Å². The lowest BCUT2D eigenvalue weighted by Gasteiger charge is -2.38. The first-order chi connectivity index (χ1) is 18.9. The minimum atomic E-state index is -5.74. The predicted molar refractivity (Wildman–Crippen MR) is 126 cm³/mol. The molecule has 2 N–H and O–H groups in total. The van der Waals surface area contributed by atoms with E-state index in [1.165, 1.54) is 27.7 Å². The fourth-order valence-electron chi connectivity index (χ4n) is 3.54. The zero-order valence-electron chi connectivity index (χ0n) is 24.7. The van der Waals surface area contributed by atoms with Crippen LogP contribution in [0.4, 0.5) is 43.9 Å². The SMILES string of the molecule is CCC(C)(C)C(=O)OC1(C)COC(O)(C(F)(F)F)C1(F)F.CCC(C)(C)C(=O)OC1(CC)COC(O)(C(F)(F)F)C1(F)F. The Morgan fingerprint density at radius 2 is 1.05 bits per heavy atom. The van der Waals surface area contributed by atoms with Crippen LogP contribution in [-0.4, -0.2) is 82.3 Å². The molecule has 2 aliphatic heterocycles. The van der Waals surface area contributed by atoms with Crippen molar-refractivity contribution in [2.45, 2.75) is 122 Å². The minimum Gasteiger partial charge on any atom is -0.450 e. The first-order valence-corrected chi connectivity index (χ1v) is 12.9. The molecule has 0 aromatic rings. The molecule has 2 rings (SSSR count). The van der Waals surface area contributed by atoms with Crippen LogP contribution in [0.3, 0.4) is 0 Å². The zero-order chi connectivity index (χ0) is 34.5. The van der Waals surface area contributed by atoms with E-state index in [-0.39, 0.29) is 12.8 Å². The number of esters is 2. The topological polar surface area (TPSA) is 112 Å². The minimum absolute atomic E-state index is 0.234. The van der Waals surface area contributed by atoms with Crippen LogP contribution in [0.1, 0.15) is 74.7 Å². The summed E-state index contributed by atoms with van der Waals surface area (Å²) in [4.78, 5) is 23.8. The molecule has 0 saturated carbocycles. The Bertz CT molecular complexity index is 1040. The van der Waals surface area contributed by atoms with E-state index in [0.717, 1.165) is 6.92 Å². The van der Waals surface area contributed by atoms with Gasteiger partial charge < -0.3 is 29.2 Å². The molecule has 18 heteroatoms. The van der Waals surface area contributed by atoms with Crippen LogP contribution in [0.5, 0.6) is 0 Å². The highest BCUT2D eigenvalue weighted by Crippen LogP contribution is 2.57. The third-order valence-electron chi connectivity index (χ3n) is 7.98. The van der Waals surface area contributed by atoms with E-state index in [2.05, 4.69) is 14.2 Å². The second-order valence-electron chi connectivity index (χ2n) is 11.8. The molecule has 0 spiro atoms. The summed E-state index contributed by atoms with van der Waals surface area (Å²) in [6.07, 6.45) is -11.6. The molecule has 0 radical (unpaired) electrons. The molecule has 2 fully saturated rings. The van der Waals surface area contributed by atoms with E-state index in [1.807, 2.05) is 0 Å². The summed E-state index contributed by atoms with van der Waals surface area (Å²) in [5.41, 5.74) is -8.10. The number of aliphatic hydroxyl groups is 2. The van der Waals surface area contributed by atoms with Crippen LogP contribution >= 0.6 is 0 Å². The van der Waals surface area contributed by atoms with Gasteiger partial charge in [-0.05, 0) is 53.9 Å². The van der Waals surface area contributed by atoms with Crippen LogP contribution in [-0.2, 0) is 28.5 Å². The Balaban J connectivity index is 0.000000430. The molecule has 0 amide bonds. The highest BCUT2D eigenvalue weighted by molar-refractivity contribution is 5.77. The first kappa shape index (κ1) is 39.1. The van der Waals surface area contributed by atoms with Gasteiger partial charge in [-0.15, -0.1) is 0 Å². The average Bonchev–Trinajstić information content (AvgIpc) is 3.18. The Hall–Kier alpha value is -1.92. The number of hydrogen-bond donors (Lipinski definition) is 2. The molecule has 2 heterocycles. The lowest BCUT2D eigenvalue weighted by molar-refractivity contribution is -0.410. The number of hydrogen-bond acceptors (Lipinski definition) is 8. The van der Waals surface area contributed by atoms with Crippen molar-refractivity contribution in [3.05, 3.63) is 0 Å². The van der Waals surface area contributed by atoms with Crippen molar-refractivity contribution >= 4 is 11.9 Å². The highest BCUT2D eigenvalue weighted by atomic mass is 19.4. The van der Waals surface area contributed by atoms with Crippen LogP contribution in [0.25, 0.3) is 0 Å². The number of rotatable bonds is 7. The van der Waals surface area contributed by atoms with Gasteiger partial charge in [0.2, 0.25) is 11.2 Å². The third-order valence-corrected chi connectivity index (χ3v) is 7.98. The molecule has 2 aliphatic rings. The van der Waals surface area contributed by atoms with Crippen molar-refractivity contribution < 1.29 is 82.7 Å². The summed E-state index contributed by atoms with van der Waals surface area (Å²) in [5.74, 6) is -21.2. The molecule has 0 bridgehead atoms. The molecule has 254 valence electrons. The summed E-state index contributed by atoms with van der Waals surface area (Å²) < 4.78 is 150. The molecule has 8 nitrogen and oxygen atoms in total. The molecule has 4 atom stereocenters. The van der Waals surface area contributed by atoms with Gasteiger partial charge in [0.25, 0.3) is 0 Å². The standard InChI is InChI=1S/C13H19F5O4.C12H17F5O4/c1-5-9(3,4)8(19)22-10(6-2)7-21-12(20,11(10,14)15)13(16,17)18;1-5-8(2,3)7(18)21-9(4)6-20-11(19,10(9,13)14)12(15,16)17/h20H,5-7H2,1-4H3;19H,5-6H2,1-4H3. The number of halogens is 10. The second kappa shape index (κ2) is 11.5. The van der Waals surface area contributed by atoms with Crippen molar-refractivity contribution in [1.29, 1.82) is 0 Å². The lowest BCUT2D eigenvalue weighted by atomic mass is 9.87. The lowest BCUT2D eigenvalue weighted by Crippen LogP contribution is -2.64. The number of ether oxygens (including phenoxy) is 4. The molecule has 43 heavy (non-hydrogen) atoms. The molecule has 4 unspecified atom stereocenters. The normalized spacial score (nSPS) is 32.6. The Morgan fingerprint density at radius 3 is 1.35 bits per heavy atom. The monoisotopic (exact) mass is 654 g/mol. The summed E-state index contributed by atoms with van der Waals surface area (Å²) in [5, 5.41) is 18.5. The van der Waals surface area contributed by atoms with Crippen LogP contribution in [0, 0.1) is 10.8 Å². The first-order valence-electron chi connectivity index (χ1n) is 12.9. The summed E-state index contributed by atoms with van der Waals surface area (Å²) in [6.45, 7) is 8.05. The van der Waals surface area contributed by atoms with E-state index in [9.17, 15) is 63.7 Å². The van der Waals surface area contributed by atoms with Gasteiger partial charge in [0.1, 0.15) is 0 Å². The fourth-order valence-corrected chi connectivity index (χ4v) is 3.54. The van der Waals surface area contributed by atoms with E-state index in [1.54, 1.807) is 13.8 Å². The molecular formula is C25H36F10O8. The maximum atomic E-state index is 14.3. The van der Waals surface area contributed by atoms with Crippen molar-refractivity contribution in [1.82, 2.24) is 0 Å². The van der Waals surface area contributed by atoms with Crippen LogP contribution in [0.15, 0.2) is 0 Å². The van der Waals surface area contributed by atoms with Crippen molar-refractivity contribution in [2.24, 2.45) is 10.8 Å². The maximum absolute atomic E-state index is 14.3. The predicted octanol–water partition coefficient (Wildman–Crippen LogP) is 5.67. The van der Waals surface area contributed by atoms with Crippen molar-refractivity contribution in [3.8, 4) is 0 Å². The fraction of sp³-hybridized carbons (Fsp3) is 0.920. The molecule has 0 aromatic carbocycles. The molecule has 0 aromatic heterocycles. The number of carbonyl (C=O) groups is 2. The van der Waals surface area contributed by atoms with E-state index < -0.39 is 89.4 Å². The van der Waals surface area contributed by atoms with Gasteiger partial charge in [-0.25, -0.2) is 0 Å². The summed E-state index contributed by atoms with van der Waals surface area (Å²) in [7, 11) is 0. The Morgan fingerprint density at radius 1 is 0.698 bits per heavy atom. The number of alkyl halides is 10. The van der Waals surface area contributed by atoms with Gasteiger partial charge in [0.15, 0.2) is 0 Å². The Kier molecular flexibility index (Phi) is 10.4. The van der Waals surface area contributed by atoms with Gasteiger partial charge in [-0.2, -0.15) is 43.9 Å².